The lowest BCUT2D eigenvalue weighted by atomic mass is 10.3. The highest BCUT2D eigenvalue weighted by atomic mass is 32.1. The van der Waals surface area contributed by atoms with Gasteiger partial charge in [0, 0.05) is 18.9 Å². The fourth-order valence-corrected chi connectivity index (χ4v) is 3.23. The molecular weight excluding hydrogens is 334 g/mol. The number of aryl methyl sites for hydroxylation is 1. The van der Waals surface area contributed by atoms with E-state index in [0.717, 1.165) is 27.8 Å². The topological polar surface area (TPSA) is 74.2 Å². The molecule has 0 aliphatic heterocycles. The highest BCUT2D eigenvalue weighted by Crippen LogP contribution is 2.29. The van der Waals surface area contributed by atoms with Crippen LogP contribution in [0, 0.1) is 6.92 Å². The molecule has 1 atom stereocenters. The van der Waals surface area contributed by atoms with Crippen LogP contribution < -0.4 is 5.32 Å². The third-order valence-electron chi connectivity index (χ3n) is 3.52. The molecule has 25 heavy (non-hydrogen) atoms. The minimum Gasteiger partial charge on any atom is -0.385 e. The van der Waals surface area contributed by atoms with Gasteiger partial charge in [0.25, 0.3) is 0 Å². The number of rotatable bonds is 6. The van der Waals surface area contributed by atoms with Crippen molar-refractivity contribution in [2.75, 3.05) is 26.0 Å². The SMILES string of the molecule is Cc1ccnc(Nc2cccc(-c3cnc(C(O)CN(C)C)s3)n2)c1. The third kappa shape index (κ3) is 4.60. The number of aromatic nitrogens is 3. The molecule has 1 unspecified atom stereocenters. The summed E-state index contributed by atoms with van der Waals surface area (Å²) >= 11 is 1.46. The van der Waals surface area contributed by atoms with E-state index >= 15 is 0 Å². The van der Waals surface area contributed by atoms with E-state index in [1.165, 1.54) is 11.3 Å². The summed E-state index contributed by atoms with van der Waals surface area (Å²) in [6.07, 6.45) is 2.94. The van der Waals surface area contributed by atoms with Gasteiger partial charge in [-0.2, -0.15) is 0 Å². The summed E-state index contributed by atoms with van der Waals surface area (Å²) in [5.74, 6) is 1.48. The van der Waals surface area contributed by atoms with Gasteiger partial charge in [-0.15, -0.1) is 11.3 Å². The van der Waals surface area contributed by atoms with Gasteiger partial charge in [0.15, 0.2) is 0 Å². The van der Waals surface area contributed by atoms with Crippen molar-refractivity contribution in [3.8, 4) is 10.6 Å². The Morgan fingerprint density at radius 2 is 2.04 bits per heavy atom. The minimum absolute atomic E-state index is 0.543. The number of pyridine rings is 2. The Kier molecular flexibility index (Phi) is 5.37. The van der Waals surface area contributed by atoms with Gasteiger partial charge in [0.05, 0.1) is 10.6 Å². The number of anilines is 2. The van der Waals surface area contributed by atoms with E-state index in [2.05, 4.69) is 20.3 Å². The molecule has 0 saturated carbocycles. The zero-order valence-corrected chi connectivity index (χ0v) is 15.3. The van der Waals surface area contributed by atoms with Crippen molar-refractivity contribution >= 4 is 23.0 Å². The third-order valence-corrected chi connectivity index (χ3v) is 4.64. The second-order valence-electron chi connectivity index (χ2n) is 6.09. The van der Waals surface area contributed by atoms with Gasteiger partial charge in [-0.25, -0.2) is 15.0 Å². The fraction of sp³-hybridized carbons (Fsp3) is 0.278. The average Bonchev–Trinajstić information content (AvgIpc) is 3.05. The number of likely N-dealkylation sites (N-methyl/N-ethyl adjacent to an activating group) is 1. The molecule has 0 aromatic carbocycles. The molecule has 0 aliphatic rings. The van der Waals surface area contributed by atoms with Gasteiger partial charge in [-0.1, -0.05) is 6.07 Å². The molecule has 0 aliphatic carbocycles. The summed E-state index contributed by atoms with van der Waals surface area (Å²) in [7, 11) is 3.85. The highest BCUT2D eigenvalue weighted by Gasteiger charge is 2.14. The smallest absolute Gasteiger partial charge is 0.132 e. The summed E-state index contributed by atoms with van der Waals surface area (Å²) in [5, 5.41) is 14.1. The molecule has 6 nitrogen and oxygen atoms in total. The maximum Gasteiger partial charge on any atom is 0.132 e. The maximum atomic E-state index is 10.2. The molecule has 3 heterocycles. The number of thiazole rings is 1. The van der Waals surface area contributed by atoms with Crippen LogP contribution in [0.15, 0.2) is 42.7 Å². The van der Waals surface area contributed by atoms with Crippen LogP contribution in [0.5, 0.6) is 0 Å². The Bertz CT molecular complexity index is 849. The Morgan fingerprint density at radius 1 is 1.20 bits per heavy atom. The fourth-order valence-electron chi connectivity index (χ4n) is 2.36. The molecule has 3 aromatic heterocycles. The van der Waals surface area contributed by atoms with Crippen molar-refractivity contribution in [1.29, 1.82) is 0 Å². The van der Waals surface area contributed by atoms with E-state index in [-0.39, 0.29) is 0 Å². The van der Waals surface area contributed by atoms with E-state index in [1.807, 2.05) is 56.3 Å². The Labute approximate surface area is 151 Å². The summed E-state index contributed by atoms with van der Waals surface area (Å²) in [6, 6.07) is 9.70. The van der Waals surface area contributed by atoms with Crippen LogP contribution in [0.3, 0.4) is 0 Å². The standard InChI is InChI=1S/C18H21N5OS/c1-12-7-8-19-17(9-12)22-16-6-4-5-13(21-16)15-10-20-18(25-15)14(24)11-23(2)3/h4-10,14,24H,11H2,1-3H3,(H,19,21,22). The molecule has 2 N–H and O–H groups in total. The number of nitrogens with zero attached hydrogens (tertiary/aromatic N) is 4. The monoisotopic (exact) mass is 355 g/mol. The van der Waals surface area contributed by atoms with Crippen molar-refractivity contribution in [2.24, 2.45) is 0 Å². The highest BCUT2D eigenvalue weighted by molar-refractivity contribution is 7.15. The predicted molar refractivity (Wildman–Crippen MR) is 101 cm³/mol. The number of aliphatic hydroxyl groups excluding tert-OH is 1. The van der Waals surface area contributed by atoms with Crippen LogP contribution in [0.1, 0.15) is 16.7 Å². The lowest BCUT2D eigenvalue weighted by Crippen LogP contribution is -2.19. The van der Waals surface area contributed by atoms with Gasteiger partial charge in [-0.3, -0.25) is 0 Å². The van der Waals surface area contributed by atoms with E-state index in [4.69, 9.17) is 0 Å². The zero-order chi connectivity index (χ0) is 17.8. The Hall–Kier alpha value is -2.35. The second kappa shape index (κ2) is 7.69. The van der Waals surface area contributed by atoms with Crippen molar-refractivity contribution < 1.29 is 5.11 Å². The largest absolute Gasteiger partial charge is 0.385 e. The summed E-state index contributed by atoms with van der Waals surface area (Å²) < 4.78 is 0. The first kappa shape index (κ1) is 17.5. The first-order chi connectivity index (χ1) is 12.0. The van der Waals surface area contributed by atoms with Gasteiger partial charge in [-0.05, 0) is 50.8 Å². The molecule has 7 heteroatoms. The first-order valence-electron chi connectivity index (χ1n) is 7.97. The average molecular weight is 355 g/mol. The predicted octanol–water partition coefficient (Wildman–Crippen LogP) is 3.25. The van der Waals surface area contributed by atoms with Gasteiger partial charge < -0.3 is 15.3 Å². The van der Waals surface area contributed by atoms with Gasteiger partial charge in [0.2, 0.25) is 0 Å². The molecule has 3 aromatic rings. The number of aliphatic hydroxyl groups is 1. The Balaban J connectivity index is 1.78. The zero-order valence-electron chi connectivity index (χ0n) is 14.5. The van der Waals surface area contributed by atoms with Crippen LogP contribution in [-0.2, 0) is 0 Å². The first-order valence-corrected chi connectivity index (χ1v) is 8.78. The van der Waals surface area contributed by atoms with Crippen LogP contribution in [0.2, 0.25) is 0 Å². The molecule has 0 saturated heterocycles. The van der Waals surface area contributed by atoms with E-state index in [9.17, 15) is 5.11 Å². The number of hydrogen-bond acceptors (Lipinski definition) is 7. The maximum absolute atomic E-state index is 10.2. The Morgan fingerprint density at radius 3 is 2.80 bits per heavy atom. The summed E-state index contributed by atoms with van der Waals surface area (Å²) in [4.78, 5) is 16.1. The molecule has 130 valence electrons. The van der Waals surface area contributed by atoms with E-state index in [0.29, 0.717) is 11.6 Å². The van der Waals surface area contributed by atoms with Crippen molar-refractivity contribution in [3.05, 3.63) is 53.3 Å². The summed E-state index contributed by atoms with van der Waals surface area (Å²) in [5.41, 5.74) is 1.95. The quantitative estimate of drug-likeness (QED) is 0.707. The molecule has 3 rings (SSSR count). The molecule has 0 bridgehead atoms. The van der Waals surface area contributed by atoms with E-state index < -0.39 is 6.10 Å². The second-order valence-corrected chi connectivity index (χ2v) is 7.15. The lowest BCUT2D eigenvalue weighted by molar-refractivity contribution is 0.138. The molecule has 0 fully saturated rings. The number of hydrogen-bond donors (Lipinski definition) is 2. The van der Waals surface area contributed by atoms with Crippen LogP contribution in [-0.4, -0.2) is 45.6 Å². The molecule has 0 amide bonds. The van der Waals surface area contributed by atoms with Crippen molar-refractivity contribution in [1.82, 2.24) is 19.9 Å². The number of nitrogens with one attached hydrogen (secondary N) is 1. The van der Waals surface area contributed by atoms with Crippen molar-refractivity contribution in [3.63, 3.8) is 0 Å². The van der Waals surface area contributed by atoms with Crippen LogP contribution in [0.4, 0.5) is 11.6 Å². The molecule has 0 spiro atoms. The minimum atomic E-state index is -0.591. The van der Waals surface area contributed by atoms with E-state index in [1.54, 1.807) is 12.4 Å². The van der Waals surface area contributed by atoms with Gasteiger partial charge >= 0.3 is 0 Å². The van der Waals surface area contributed by atoms with Crippen LogP contribution >= 0.6 is 11.3 Å². The van der Waals surface area contributed by atoms with Crippen molar-refractivity contribution in [2.45, 2.75) is 13.0 Å². The van der Waals surface area contributed by atoms with Crippen LogP contribution in [0.25, 0.3) is 10.6 Å². The molecule has 0 radical (unpaired) electrons. The lowest BCUT2D eigenvalue weighted by Gasteiger charge is -2.13. The normalized spacial score (nSPS) is 12.4. The molecular formula is C18H21N5OS. The van der Waals surface area contributed by atoms with Gasteiger partial charge in [0.1, 0.15) is 22.7 Å². The summed E-state index contributed by atoms with van der Waals surface area (Å²) in [6.45, 7) is 2.57.